The van der Waals surface area contributed by atoms with Gasteiger partial charge in [0.15, 0.2) is 0 Å². The summed E-state index contributed by atoms with van der Waals surface area (Å²) in [6, 6.07) is 11.5. The van der Waals surface area contributed by atoms with Crippen molar-refractivity contribution in [2.75, 3.05) is 34.4 Å². The number of carbonyl (C=O) groups is 3. The smallest absolute Gasteiger partial charge is 0.264 e. The fourth-order valence-electron chi connectivity index (χ4n) is 9.13. The number of hydrogen-bond acceptors (Lipinski definition) is 8. The van der Waals surface area contributed by atoms with Gasteiger partial charge in [0.05, 0.1) is 54.2 Å². The molecule has 0 radical (unpaired) electrons. The van der Waals surface area contributed by atoms with Crippen molar-refractivity contribution >= 4 is 50.3 Å². The predicted molar refractivity (Wildman–Crippen MR) is 241 cm³/mol. The van der Waals surface area contributed by atoms with E-state index in [9.17, 15) is 22.8 Å². The highest BCUT2D eigenvalue weighted by atomic mass is 32.2. The van der Waals surface area contributed by atoms with Gasteiger partial charge in [-0.25, -0.2) is 13.1 Å². The molecule has 3 atom stereocenters. The average Bonchev–Trinajstić information content (AvgIpc) is 3.78. The fraction of sp³-hybridized carbons (Fsp3) is 0.532. The van der Waals surface area contributed by atoms with Crippen LogP contribution in [0.25, 0.3) is 33.8 Å². The lowest BCUT2D eigenvalue weighted by Crippen LogP contribution is -2.37. The molecule has 14 heteroatoms. The topological polar surface area (TPSA) is 154 Å². The van der Waals surface area contributed by atoms with Crippen LogP contribution in [0.3, 0.4) is 0 Å². The minimum atomic E-state index is -3.89. The van der Waals surface area contributed by atoms with Crippen LogP contribution < -0.4 is 14.8 Å². The molecule has 2 aromatic heterocycles. The number of likely N-dealkylation sites (N-methyl/N-ethyl adjacent to an activating group) is 1. The van der Waals surface area contributed by atoms with Crippen LogP contribution in [-0.2, 0) is 26.1 Å². The minimum absolute atomic E-state index is 0.0301. The first-order valence-corrected chi connectivity index (χ1v) is 23.4. The molecule has 0 saturated heterocycles. The summed E-state index contributed by atoms with van der Waals surface area (Å²) >= 11 is 0. The summed E-state index contributed by atoms with van der Waals surface area (Å²) in [7, 11) is 1.05. The van der Waals surface area contributed by atoms with Crippen LogP contribution in [0.5, 0.6) is 5.75 Å². The Labute approximate surface area is 361 Å². The molecule has 13 nitrogen and oxygen atoms in total. The van der Waals surface area contributed by atoms with Crippen molar-refractivity contribution in [3.8, 4) is 17.0 Å². The number of ether oxygens (including phenoxy) is 2. The Morgan fingerprint density at radius 1 is 0.984 bits per heavy atom. The van der Waals surface area contributed by atoms with Crippen LogP contribution in [0.4, 0.5) is 0 Å². The van der Waals surface area contributed by atoms with Gasteiger partial charge in [0.25, 0.3) is 11.8 Å². The Morgan fingerprint density at radius 3 is 2.36 bits per heavy atom. The van der Waals surface area contributed by atoms with E-state index in [4.69, 9.17) is 14.6 Å². The van der Waals surface area contributed by atoms with E-state index in [0.29, 0.717) is 55.9 Å². The van der Waals surface area contributed by atoms with E-state index >= 15 is 0 Å². The van der Waals surface area contributed by atoms with Gasteiger partial charge >= 0.3 is 0 Å². The average molecular weight is 857 g/mol. The summed E-state index contributed by atoms with van der Waals surface area (Å²) in [5, 5.41) is 7.99. The molecule has 1 fully saturated rings. The zero-order valence-electron chi connectivity index (χ0n) is 37.3. The lowest BCUT2D eigenvalue weighted by atomic mass is 9.81. The predicted octanol–water partition coefficient (Wildman–Crippen LogP) is 8.19. The molecule has 2 unspecified atom stereocenters. The van der Waals surface area contributed by atoms with Crippen molar-refractivity contribution in [1.29, 1.82) is 0 Å². The number of nitrogens with one attached hydrogen (secondary N) is 2. The van der Waals surface area contributed by atoms with Crippen LogP contribution in [-0.4, -0.2) is 91.1 Å². The Morgan fingerprint density at radius 2 is 1.72 bits per heavy atom. The maximum absolute atomic E-state index is 14.8. The number of amides is 3. The standard InChI is InChI=1S/C47H64N6O7S/c1-10-40(30(5)17-22-42(54)48-7)53-44(39(26-49-53)47(56)51(11-2)27-31(6)59-8)35-23-34-24-36(60-9)19-21-37(34)45-43(32-15-13-12-14-16-32)38-20-18-33(25-41(38)52(45)28-35)46(55)50-61(57,58)29(3)4/h18-21,23-26,29-32,40H,10-17,22,27-28H2,1-9H3,(H,48,54)(H,50,55)/t30?,31-,40?/m1/s1. The summed E-state index contributed by atoms with van der Waals surface area (Å²) in [5.41, 5.74) is 7.18. The first-order chi connectivity index (χ1) is 29.2. The van der Waals surface area contributed by atoms with Crippen LogP contribution in [0.2, 0.25) is 0 Å². The number of allylic oxidation sites excluding steroid dienone is 1. The van der Waals surface area contributed by atoms with Gasteiger partial charge in [-0.3, -0.25) is 19.1 Å². The molecule has 3 heterocycles. The van der Waals surface area contributed by atoms with Crippen LogP contribution >= 0.6 is 0 Å². The van der Waals surface area contributed by atoms with Gasteiger partial charge in [-0.2, -0.15) is 5.10 Å². The van der Waals surface area contributed by atoms with E-state index in [0.717, 1.165) is 59.0 Å². The largest absolute Gasteiger partial charge is 0.497 e. The Balaban J connectivity index is 1.64. The summed E-state index contributed by atoms with van der Waals surface area (Å²) in [6.07, 6.45) is 10.8. The number of fused-ring (bicyclic) bond motifs is 5. The highest BCUT2D eigenvalue weighted by Crippen LogP contribution is 2.48. The van der Waals surface area contributed by atoms with Gasteiger partial charge in [0, 0.05) is 55.7 Å². The van der Waals surface area contributed by atoms with Crippen molar-refractivity contribution in [3.05, 3.63) is 70.5 Å². The van der Waals surface area contributed by atoms with Crippen molar-refractivity contribution < 1.29 is 32.3 Å². The van der Waals surface area contributed by atoms with Gasteiger partial charge in [-0.1, -0.05) is 39.2 Å². The molecule has 4 aromatic rings. The fourth-order valence-corrected chi connectivity index (χ4v) is 9.74. The summed E-state index contributed by atoms with van der Waals surface area (Å²) in [5.74, 6) is 0.0985. The number of hydrogen-bond donors (Lipinski definition) is 2. The third kappa shape index (κ3) is 9.45. The number of carbonyl (C=O) groups excluding carboxylic acids is 3. The third-order valence-corrected chi connectivity index (χ3v) is 14.5. The van der Waals surface area contributed by atoms with Crippen molar-refractivity contribution in [1.82, 2.24) is 29.3 Å². The van der Waals surface area contributed by atoms with Crippen molar-refractivity contribution in [3.63, 3.8) is 0 Å². The Kier molecular flexibility index (Phi) is 14.5. The number of nitrogens with zero attached hydrogens (tertiary/aromatic N) is 4. The molecule has 1 aliphatic heterocycles. The first-order valence-electron chi connectivity index (χ1n) is 21.9. The van der Waals surface area contributed by atoms with E-state index in [1.807, 2.05) is 42.8 Å². The number of aromatic nitrogens is 3. The molecule has 330 valence electrons. The van der Waals surface area contributed by atoms with Crippen LogP contribution in [0, 0.1) is 5.92 Å². The number of benzene rings is 2. The van der Waals surface area contributed by atoms with E-state index in [1.165, 1.54) is 25.8 Å². The third-order valence-electron chi connectivity index (χ3n) is 12.8. The molecule has 1 saturated carbocycles. The molecule has 6 rings (SSSR count). The molecule has 2 aromatic carbocycles. The minimum Gasteiger partial charge on any atom is -0.497 e. The number of rotatable bonds is 17. The molecule has 1 aliphatic carbocycles. The maximum Gasteiger partial charge on any atom is 0.264 e. The Bertz CT molecular complexity index is 2390. The maximum atomic E-state index is 14.8. The highest BCUT2D eigenvalue weighted by molar-refractivity contribution is 7.90. The SMILES string of the molecule is CCC(C(C)CCC(=O)NC)n1ncc(C(=O)N(CC)C[C@@H](C)OC)c1C1=Cc2cc(OC)ccc2-c2c(C3CCCCC3)c3ccc(C(=O)NS(=O)(=O)C(C)C)cc3n2C1. The van der Waals surface area contributed by atoms with Crippen LogP contribution in [0.1, 0.15) is 142 Å². The second-order valence-electron chi connectivity index (χ2n) is 17.0. The molecule has 3 amide bonds. The molecular weight excluding hydrogens is 793 g/mol. The quantitative estimate of drug-likeness (QED) is 0.108. The summed E-state index contributed by atoms with van der Waals surface area (Å²) < 4.78 is 43.7. The van der Waals surface area contributed by atoms with Crippen molar-refractivity contribution in [2.24, 2.45) is 5.92 Å². The monoisotopic (exact) mass is 856 g/mol. The van der Waals surface area contributed by atoms with Gasteiger partial charge in [-0.05, 0) is 118 Å². The first kappa shape index (κ1) is 45.6. The normalized spacial score (nSPS) is 15.9. The number of methoxy groups -OCH3 is 2. The van der Waals surface area contributed by atoms with E-state index in [1.54, 1.807) is 38.4 Å². The van der Waals surface area contributed by atoms with Gasteiger partial charge in [0.2, 0.25) is 15.9 Å². The van der Waals surface area contributed by atoms with Crippen molar-refractivity contribution in [2.45, 2.75) is 123 Å². The zero-order valence-corrected chi connectivity index (χ0v) is 38.2. The zero-order chi connectivity index (χ0) is 44.2. The molecule has 0 spiro atoms. The molecule has 0 bridgehead atoms. The second kappa shape index (κ2) is 19.4. The Hall–Kier alpha value is -4.95. The molecule has 61 heavy (non-hydrogen) atoms. The second-order valence-corrected chi connectivity index (χ2v) is 19.2. The molecule has 2 N–H and O–H groups in total. The van der Waals surface area contributed by atoms with Gasteiger partial charge in [-0.15, -0.1) is 0 Å². The van der Waals surface area contributed by atoms with Gasteiger partial charge in [0.1, 0.15) is 5.75 Å². The summed E-state index contributed by atoms with van der Waals surface area (Å²) in [6.45, 7) is 12.4. The number of sulfonamides is 1. The lowest BCUT2D eigenvalue weighted by Gasteiger charge is -2.28. The van der Waals surface area contributed by atoms with E-state index in [2.05, 4.69) is 40.6 Å². The van der Waals surface area contributed by atoms with E-state index in [-0.39, 0.29) is 41.4 Å². The molecule has 2 aliphatic rings. The summed E-state index contributed by atoms with van der Waals surface area (Å²) in [4.78, 5) is 42.8. The highest BCUT2D eigenvalue weighted by Gasteiger charge is 2.34. The van der Waals surface area contributed by atoms with E-state index < -0.39 is 21.2 Å². The van der Waals surface area contributed by atoms with Gasteiger partial charge < -0.3 is 24.3 Å². The van der Waals surface area contributed by atoms with Crippen LogP contribution in [0.15, 0.2) is 42.6 Å². The lowest BCUT2D eigenvalue weighted by molar-refractivity contribution is -0.120. The molecular formula is C47H64N6O7S.